The first kappa shape index (κ1) is 20.5. The van der Waals surface area contributed by atoms with Crippen molar-refractivity contribution in [1.29, 1.82) is 0 Å². The summed E-state index contributed by atoms with van der Waals surface area (Å²) in [6.45, 7) is 3.79. The molecule has 0 aliphatic carbocycles. The lowest BCUT2D eigenvalue weighted by Crippen LogP contribution is -2.31. The SMILES string of the molecule is COc1ccc(N2C(=O)C(SCCO)=C(c3ccc(C)cc3C)C2=O)cc1Cl. The monoisotopic (exact) mass is 417 g/mol. The van der Waals surface area contributed by atoms with Gasteiger partial charge in [0.05, 0.1) is 34.9 Å². The summed E-state index contributed by atoms with van der Waals surface area (Å²) >= 11 is 7.38. The maximum absolute atomic E-state index is 13.3. The number of carbonyl (C=O) groups excluding carboxylic acids is 2. The Morgan fingerprint density at radius 1 is 1.11 bits per heavy atom. The van der Waals surface area contributed by atoms with Crippen molar-refractivity contribution in [2.75, 3.05) is 24.4 Å². The summed E-state index contributed by atoms with van der Waals surface area (Å²) in [5.41, 5.74) is 3.43. The highest BCUT2D eigenvalue weighted by Crippen LogP contribution is 2.40. The van der Waals surface area contributed by atoms with Gasteiger partial charge in [0, 0.05) is 5.75 Å². The van der Waals surface area contributed by atoms with Crippen molar-refractivity contribution in [2.24, 2.45) is 0 Å². The van der Waals surface area contributed by atoms with Gasteiger partial charge in [-0.25, -0.2) is 4.90 Å². The molecule has 0 spiro atoms. The molecule has 1 heterocycles. The molecule has 0 atom stereocenters. The van der Waals surface area contributed by atoms with E-state index in [1.54, 1.807) is 12.1 Å². The van der Waals surface area contributed by atoms with Crippen LogP contribution >= 0.6 is 23.4 Å². The molecule has 0 radical (unpaired) electrons. The van der Waals surface area contributed by atoms with Crippen LogP contribution in [0.5, 0.6) is 5.75 Å². The minimum Gasteiger partial charge on any atom is -0.495 e. The Kier molecular flexibility index (Phi) is 6.13. The highest BCUT2D eigenvalue weighted by Gasteiger charge is 2.40. The summed E-state index contributed by atoms with van der Waals surface area (Å²) in [6, 6.07) is 10.5. The number of nitrogens with zero attached hydrogens (tertiary/aromatic N) is 1. The van der Waals surface area contributed by atoms with Crippen LogP contribution in [0.1, 0.15) is 16.7 Å². The van der Waals surface area contributed by atoms with E-state index in [-0.39, 0.29) is 6.61 Å². The van der Waals surface area contributed by atoms with E-state index in [1.807, 2.05) is 32.0 Å². The molecule has 2 aromatic carbocycles. The predicted molar refractivity (Wildman–Crippen MR) is 113 cm³/mol. The number of aliphatic hydroxyl groups is 1. The predicted octanol–water partition coefficient (Wildman–Crippen LogP) is 3.98. The Labute approximate surface area is 172 Å². The quantitative estimate of drug-likeness (QED) is 0.720. The molecule has 28 heavy (non-hydrogen) atoms. The van der Waals surface area contributed by atoms with Crippen molar-refractivity contribution < 1.29 is 19.4 Å². The van der Waals surface area contributed by atoms with Gasteiger partial charge in [-0.2, -0.15) is 0 Å². The second kappa shape index (κ2) is 8.39. The van der Waals surface area contributed by atoms with E-state index in [0.29, 0.717) is 38.3 Å². The van der Waals surface area contributed by atoms with E-state index in [4.69, 9.17) is 16.3 Å². The Morgan fingerprint density at radius 2 is 1.86 bits per heavy atom. The number of halogens is 1. The fraction of sp³-hybridized carbons (Fsp3) is 0.238. The van der Waals surface area contributed by atoms with Crippen LogP contribution in [0, 0.1) is 13.8 Å². The van der Waals surface area contributed by atoms with Gasteiger partial charge in [0.2, 0.25) is 0 Å². The molecule has 2 amide bonds. The molecule has 3 rings (SSSR count). The highest BCUT2D eigenvalue weighted by molar-refractivity contribution is 8.04. The molecule has 0 fully saturated rings. The fourth-order valence-corrected chi connectivity index (χ4v) is 4.26. The molecule has 146 valence electrons. The van der Waals surface area contributed by atoms with Crippen LogP contribution in [0.2, 0.25) is 5.02 Å². The number of benzene rings is 2. The van der Waals surface area contributed by atoms with Crippen molar-refractivity contribution in [3.05, 3.63) is 63.0 Å². The maximum Gasteiger partial charge on any atom is 0.272 e. The first-order chi connectivity index (χ1) is 13.4. The molecule has 0 saturated heterocycles. The number of anilines is 1. The number of imide groups is 1. The Bertz CT molecular complexity index is 986. The number of aliphatic hydroxyl groups excluding tert-OH is 1. The minimum absolute atomic E-state index is 0.0931. The topological polar surface area (TPSA) is 66.8 Å². The van der Waals surface area contributed by atoms with Crippen LogP contribution in [0.3, 0.4) is 0 Å². The number of carbonyl (C=O) groups is 2. The van der Waals surface area contributed by atoms with E-state index >= 15 is 0 Å². The van der Waals surface area contributed by atoms with Gasteiger partial charge < -0.3 is 9.84 Å². The molecule has 0 saturated carbocycles. The van der Waals surface area contributed by atoms with E-state index in [1.165, 1.54) is 24.9 Å². The number of hydrogen-bond acceptors (Lipinski definition) is 5. The molecule has 2 aromatic rings. The number of aryl methyl sites for hydroxylation is 2. The highest BCUT2D eigenvalue weighted by atomic mass is 35.5. The second-order valence-electron chi connectivity index (χ2n) is 6.36. The van der Waals surface area contributed by atoms with Gasteiger partial charge >= 0.3 is 0 Å². The van der Waals surface area contributed by atoms with E-state index in [9.17, 15) is 14.7 Å². The van der Waals surface area contributed by atoms with Gasteiger partial charge in [0.15, 0.2) is 0 Å². The number of ether oxygens (including phenoxy) is 1. The average Bonchev–Trinajstić information content (AvgIpc) is 2.90. The van der Waals surface area contributed by atoms with Gasteiger partial charge in [-0.05, 0) is 43.2 Å². The standard InChI is InChI=1S/C21H20ClNO4S/c1-12-4-6-15(13(2)10-12)18-19(28-9-8-24)21(26)23(20(18)25)14-5-7-17(27-3)16(22)11-14/h4-7,10-11,24H,8-9H2,1-3H3. The van der Waals surface area contributed by atoms with Gasteiger partial charge in [-0.1, -0.05) is 35.4 Å². The Hall–Kier alpha value is -2.28. The second-order valence-corrected chi connectivity index (χ2v) is 7.87. The lowest BCUT2D eigenvalue weighted by molar-refractivity contribution is -0.119. The molecule has 1 aliphatic heterocycles. The Morgan fingerprint density at radius 3 is 2.46 bits per heavy atom. The van der Waals surface area contributed by atoms with Gasteiger partial charge in [-0.15, -0.1) is 11.8 Å². The number of rotatable bonds is 6. The van der Waals surface area contributed by atoms with Crippen LogP contribution in [-0.4, -0.2) is 36.4 Å². The number of methoxy groups -OCH3 is 1. The molecular weight excluding hydrogens is 398 g/mol. The summed E-state index contributed by atoms with van der Waals surface area (Å²) < 4.78 is 5.15. The maximum atomic E-state index is 13.3. The molecule has 5 nitrogen and oxygen atoms in total. The fourth-order valence-electron chi connectivity index (χ4n) is 3.15. The molecule has 1 N–H and O–H groups in total. The summed E-state index contributed by atoms with van der Waals surface area (Å²) in [5, 5.41) is 9.53. The minimum atomic E-state index is -0.417. The van der Waals surface area contributed by atoms with Crippen LogP contribution in [0.4, 0.5) is 5.69 Å². The first-order valence-corrected chi connectivity index (χ1v) is 10.0. The molecule has 0 aromatic heterocycles. The van der Waals surface area contributed by atoms with Crippen molar-refractivity contribution in [2.45, 2.75) is 13.8 Å². The third-order valence-corrected chi connectivity index (χ3v) is 5.77. The molecular formula is C21H20ClNO4S. The van der Waals surface area contributed by atoms with Gasteiger partial charge in [-0.3, -0.25) is 9.59 Å². The first-order valence-electron chi connectivity index (χ1n) is 8.67. The third kappa shape index (κ3) is 3.68. The van der Waals surface area contributed by atoms with Crippen molar-refractivity contribution in [3.63, 3.8) is 0 Å². The summed E-state index contributed by atoms with van der Waals surface area (Å²) in [6.07, 6.45) is 0. The smallest absolute Gasteiger partial charge is 0.272 e. The third-order valence-electron chi connectivity index (χ3n) is 4.42. The summed E-state index contributed by atoms with van der Waals surface area (Å²) in [5.74, 6) is -0.0415. The summed E-state index contributed by atoms with van der Waals surface area (Å²) in [7, 11) is 1.50. The van der Waals surface area contributed by atoms with Crippen LogP contribution < -0.4 is 9.64 Å². The van der Waals surface area contributed by atoms with Gasteiger partial charge in [0.1, 0.15) is 5.75 Å². The van der Waals surface area contributed by atoms with Gasteiger partial charge in [0.25, 0.3) is 11.8 Å². The molecule has 0 bridgehead atoms. The van der Waals surface area contributed by atoms with E-state index in [0.717, 1.165) is 16.0 Å². The number of thioether (sulfide) groups is 1. The zero-order chi connectivity index (χ0) is 20.4. The molecule has 7 heteroatoms. The largest absolute Gasteiger partial charge is 0.495 e. The average molecular weight is 418 g/mol. The van der Waals surface area contributed by atoms with E-state index in [2.05, 4.69) is 0 Å². The van der Waals surface area contributed by atoms with Crippen molar-refractivity contribution in [3.8, 4) is 5.75 Å². The normalized spacial score (nSPS) is 14.2. The molecule has 1 aliphatic rings. The van der Waals surface area contributed by atoms with Crippen LogP contribution in [0.25, 0.3) is 5.57 Å². The zero-order valence-corrected chi connectivity index (χ0v) is 17.4. The van der Waals surface area contributed by atoms with Crippen molar-refractivity contribution in [1.82, 2.24) is 0 Å². The Balaban J connectivity index is 2.10. The molecule has 0 unspecified atom stereocenters. The lowest BCUT2D eigenvalue weighted by Gasteiger charge is -2.16. The zero-order valence-electron chi connectivity index (χ0n) is 15.8. The van der Waals surface area contributed by atoms with Crippen molar-refractivity contribution >= 4 is 46.4 Å². The van der Waals surface area contributed by atoms with Crippen LogP contribution in [-0.2, 0) is 9.59 Å². The number of hydrogen-bond donors (Lipinski definition) is 1. The van der Waals surface area contributed by atoms with E-state index < -0.39 is 11.8 Å². The van der Waals surface area contributed by atoms with Crippen LogP contribution in [0.15, 0.2) is 41.3 Å². The lowest BCUT2D eigenvalue weighted by atomic mass is 9.99. The number of amides is 2. The summed E-state index contributed by atoms with van der Waals surface area (Å²) in [4.78, 5) is 27.9.